The van der Waals surface area contributed by atoms with E-state index in [1.807, 2.05) is 13.8 Å². The first-order valence-electron chi connectivity index (χ1n) is 5.72. The van der Waals surface area contributed by atoms with E-state index in [4.69, 9.17) is 10.5 Å². The third kappa shape index (κ3) is 2.55. The first-order valence-corrected chi connectivity index (χ1v) is 5.72. The van der Waals surface area contributed by atoms with Gasteiger partial charge in [-0.15, -0.1) is 0 Å². The Kier molecular flexibility index (Phi) is 3.28. The highest BCUT2D eigenvalue weighted by atomic mass is 16.5. The van der Waals surface area contributed by atoms with Gasteiger partial charge in [-0.25, -0.2) is 4.98 Å². The van der Waals surface area contributed by atoms with Crippen LogP contribution in [-0.4, -0.2) is 41.1 Å². The predicted molar refractivity (Wildman–Crippen MR) is 64.6 cm³/mol. The maximum absolute atomic E-state index is 12.2. The highest BCUT2D eigenvalue weighted by molar-refractivity contribution is 5.92. The molecule has 1 aliphatic rings. The minimum Gasteiger partial charge on any atom is -0.397 e. The molecule has 2 N–H and O–H groups in total. The zero-order valence-electron chi connectivity index (χ0n) is 10.1. The van der Waals surface area contributed by atoms with Gasteiger partial charge in [0, 0.05) is 6.54 Å². The minimum atomic E-state index is -0.0624. The van der Waals surface area contributed by atoms with Gasteiger partial charge >= 0.3 is 0 Å². The summed E-state index contributed by atoms with van der Waals surface area (Å²) in [6.07, 6.45) is 1.57. The summed E-state index contributed by atoms with van der Waals surface area (Å²) in [6, 6.07) is 3.43. The Morgan fingerprint density at radius 3 is 2.94 bits per heavy atom. The maximum Gasteiger partial charge on any atom is 0.272 e. The predicted octanol–water partition coefficient (Wildman–Crippen LogP) is 0.913. The number of carbonyl (C=O) groups is 1. The highest BCUT2D eigenvalue weighted by Crippen LogP contribution is 2.14. The molecule has 0 bridgehead atoms. The summed E-state index contributed by atoms with van der Waals surface area (Å²) in [5, 5.41) is 0. The van der Waals surface area contributed by atoms with Crippen LogP contribution in [0.25, 0.3) is 0 Å². The van der Waals surface area contributed by atoms with Crippen LogP contribution in [0.5, 0.6) is 0 Å². The first kappa shape index (κ1) is 11.9. The summed E-state index contributed by atoms with van der Waals surface area (Å²) in [6.45, 7) is 5.11. The smallest absolute Gasteiger partial charge is 0.272 e. The number of ether oxygens (including phenoxy) is 1. The number of carbonyl (C=O) groups excluding carboxylic acids is 1. The van der Waals surface area contributed by atoms with Gasteiger partial charge in [0.25, 0.3) is 5.91 Å². The normalized spacial score (nSPS) is 24.7. The molecule has 0 aliphatic carbocycles. The molecule has 92 valence electrons. The van der Waals surface area contributed by atoms with Gasteiger partial charge in [0.2, 0.25) is 0 Å². The molecule has 0 spiro atoms. The maximum atomic E-state index is 12.2. The number of amides is 1. The van der Waals surface area contributed by atoms with Crippen LogP contribution in [0.1, 0.15) is 24.3 Å². The topological polar surface area (TPSA) is 68.5 Å². The quantitative estimate of drug-likeness (QED) is 0.785. The SMILES string of the molecule is CC1CN(C(=O)c2ccc(N)cn2)C(C)CO1. The van der Waals surface area contributed by atoms with E-state index in [2.05, 4.69) is 4.98 Å². The van der Waals surface area contributed by atoms with Crippen LogP contribution in [0.3, 0.4) is 0 Å². The van der Waals surface area contributed by atoms with E-state index in [9.17, 15) is 4.79 Å². The zero-order valence-corrected chi connectivity index (χ0v) is 10.1. The number of nitrogens with zero attached hydrogens (tertiary/aromatic N) is 2. The van der Waals surface area contributed by atoms with Crippen LogP contribution in [0.15, 0.2) is 18.3 Å². The van der Waals surface area contributed by atoms with E-state index >= 15 is 0 Å². The van der Waals surface area contributed by atoms with Crippen LogP contribution in [-0.2, 0) is 4.74 Å². The molecule has 1 fully saturated rings. The van der Waals surface area contributed by atoms with Crippen molar-refractivity contribution in [1.82, 2.24) is 9.88 Å². The monoisotopic (exact) mass is 235 g/mol. The molecule has 2 rings (SSSR count). The summed E-state index contributed by atoms with van der Waals surface area (Å²) in [4.78, 5) is 18.1. The summed E-state index contributed by atoms with van der Waals surface area (Å²) < 4.78 is 5.49. The lowest BCUT2D eigenvalue weighted by Gasteiger charge is -2.36. The Morgan fingerprint density at radius 2 is 2.29 bits per heavy atom. The Hall–Kier alpha value is -1.62. The van der Waals surface area contributed by atoms with Crippen LogP contribution >= 0.6 is 0 Å². The molecule has 1 aliphatic heterocycles. The number of hydrogen-bond donors (Lipinski definition) is 1. The number of anilines is 1. The zero-order chi connectivity index (χ0) is 12.4. The number of nitrogens with two attached hydrogens (primary N) is 1. The molecule has 0 saturated carbocycles. The molecule has 2 heterocycles. The Morgan fingerprint density at radius 1 is 1.53 bits per heavy atom. The van der Waals surface area contributed by atoms with Crippen LogP contribution in [0.2, 0.25) is 0 Å². The van der Waals surface area contributed by atoms with E-state index < -0.39 is 0 Å². The average Bonchev–Trinajstić information content (AvgIpc) is 2.32. The molecule has 5 heteroatoms. The molecule has 2 unspecified atom stereocenters. The van der Waals surface area contributed by atoms with Crippen molar-refractivity contribution in [2.24, 2.45) is 0 Å². The van der Waals surface area contributed by atoms with Crippen LogP contribution in [0, 0.1) is 0 Å². The third-order valence-electron chi connectivity index (χ3n) is 2.87. The van der Waals surface area contributed by atoms with Crippen molar-refractivity contribution in [2.45, 2.75) is 26.0 Å². The number of hydrogen-bond acceptors (Lipinski definition) is 4. The number of rotatable bonds is 1. The second-order valence-corrected chi connectivity index (χ2v) is 4.43. The number of aromatic nitrogens is 1. The Balaban J connectivity index is 2.15. The molecule has 1 amide bonds. The van der Waals surface area contributed by atoms with Crippen molar-refractivity contribution in [3.63, 3.8) is 0 Å². The molecular weight excluding hydrogens is 218 g/mol. The number of morpholine rings is 1. The minimum absolute atomic E-state index is 0.0624. The number of pyridine rings is 1. The van der Waals surface area contributed by atoms with Crippen molar-refractivity contribution < 1.29 is 9.53 Å². The molecule has 2 atom stereocenters. The van der Waals surface area contributed by atoms with Gasteiger partial charge in [-0.05, 0) is 26.0 Å². The molecule has 0 radical (unpaired) electrons. The van der Waals surface area contributed by atoms with Gasteiger partial charge in [0.1, 0.15) is 5.69 Å². The van der Waals surface area contributed by atoms with Crippen molar-refractivity contribution in [1.29, 1.82) is 0 Å². The van der Waals surface area contributed by atoms with E-state index in [-0.39, 0.29) is 18.1 Å². The van der Waals surface area contributed by atoms with Crippen molar-refractivity contribution in [3.05, 3.63) is 24.0 Å². The fraction of sp³-hybridized carbons (Fsp3) is 0.500. The van der Waals surface area contributed by atoms with E-state index in [1.165, 1.54) is 6.20 Å². The van der Waals surface area contributed by atoms with Crippen LogP contribution in [0.4, 0.5) is 5.69 Å². The summed E-state index contributed by atoms with van der Waals surface area (Å²) in [7, 11) is 0. The van der Waals surface area contributed by atoms with E-state index in [1.54, 1.807) is 17.0 Å². The Labute approximate surface area is 101 Å². The molecule has 17 heavy (non-hydrogen) atoms. The largest absolute Gasteiger partial charge is 0.397 e. The van der Waals surface area contributed by atoms with Gasteiger partial charge in [0.05, 0.1) is 30.6 Å². The fourth-order valence-corrected chi connectivity index (χ4v) is 1.87. The highest BCUT2D eigenvalue weighted by Gasteiger charge is 2.28. The van der Waals surface area contributed by atoms with E-state index in [0.717, 1.165) is 0 Å². The van der Waals surface area contributed by atoms with Crippen LogP contribution < -0.4 is 5.73 Å². The standard InChI is InChI=1S/C12H17N3O2/c1-8-7-17-9(2)6-15(8)12(16)11-4-3-10(13)5-14-11/h3-5,8-9H,6-7,13H2,1-2H3. The summed E-state index contributed by atoms with van der Waals surface area (Å²) in [5.74, 6) is -0.0624. The lowest BCUT2D eigenvalue weighted by atomic mass is 10.2. The van der Waals surface area contributed by atoms with Crippen molar-refractivity contribution >= 4 is 11.6 Å². The van der Waals surface area contributed by atoms with E-state index in [0.29, 0.717) is 24.5 Å². The van der Waals surface area contributed by atoms with Gasteiger partial charge in [-0.3, -0.25) is 4.79 Å². The fourth-order valence-electron chi connectivity index (χ4n) is 1.87. The van der Waals surface area contributed by atoms with Gasteiger partial charge in [-0.1, -0.05) is 0 Å². The summed E-state index contributed by atoms with van der Waals surface area (Å²) in [5.41, 5.74) is 6.54. The molecular formula is C12H17N3O2. The van der Waals surface area contributed by atoms with Crippen molar-refractivity contribution in [3.8, 4) is 0 Å². The second-order valence-electron chi connectivity index (χ2n) is 4.43. The van der Waals surface area contributed by atoms with Gasteiger partial charge < -0.3 is 15.4 Å². The molecule has 1 aromatic rings. The van der Waals surface area contributed by atoms with Gasteiger partial charge in [0.15, 0.2) is 0 Å². The second kappa shape index (κ2) is 4.71. The lowest BCUT2D eigenvalue weighted by molar-refractivity contribution is -0.0389. The van der Waals surface area contributed by atoms with Gasteiger partial charge in [-0.2, -0.15) is 0 Å². The molecule has 0 aromatic carbocycles. The molecule has 5 nitrogen and oxygen atoms in total. The average molecular weight is 235 g/mol. The number of nitrogen functional groups attached to an aromatic ring is 1. The Bertz CT molecular complexity index is 405. The first-order chi connectivity index (χ1) is 8.08. The van der Waals surface area contributed by atoms with Crippen molar-refractivity contribution in [2.75, 3.05) is 18.9 Å². The summed E-state index contributed by atoms with van der Waals surface area (Å²) >= 11 is 0. The molecule has 1 aromatic heterocycles. The third-order valence-corrected chi connectivity index (χ3v) is 2.87. The lowest BCUT2D eigenvalue weighted by Crippen LogP contribution is -2.50. The molecule has 1 saturated heterocycles.